The van der Waals surface area contributed by atoms with Crippen LogP contribution < -0.4 is 10.6 Å². The van der Waals surface area contributed by atoms with E-state index in [4.69, 9.17) is 0 Å². The monoisotopic (exact) mass is 912 g/mol. The molecule has 0 amide bonds. The van der Waals surface area contributed by atoms with E-state index in [0.717, 1.165) is 0 Å². The zero-order chi connectivity index (χ0) is 38.1. The first-order valence-electron chi connectivity index (χ1n) is 18.7. The van der Waals surface area contributed by atoms with E-state index in [1.54, 1.807) is 0 Å². The van der Waals surface area contributed by atoms with E-state index < -0.39 is 15.8 Å². The summed E-state index contributed by atoms with van der Waals surface area (Å²) in [5.74, 6) is 2.89. The van der Waals surface area contributed by atoms with E-state index in [2.05, 4.69) is 202 Å². The second-order valence-electron chi connectivity index (χ2n) is 13.6. The first-order valence-corrected chi connectivity index (χ1v) is 21.4. The van der Waals surface area contributed by atoms with Gasteiger partial charge in [0.2, 0.25) is 0 Å². The second kappa shape index (κ2) is 30.0. The number of hydrogen-bond donors (Lipinski definition) is 0. The Morgan fingerprint density at radius 2 is 0.632 bits per heavy atom. The van der Waals surface area contributed by atoms with Crippen LogP contribution in [0.5, 0.6) is 0 Å². The number of rotatable bonds is 10. The predicted octanol–water partition coefficient (Wildman–Crippen LogP) is 9.71. The normalized spacial score (nSPS) is 22.9. The molecule has 0 N–H and O–H groups in total. The summed E-state index contributed by atoms with van der Waals surface area (Å²) in [4.78, 5) is 4.56. The summed E-state index contributed by atoms with van der Waals surface area (Å²) in [6, 6.07) is 22.7. The van der Waals surface area contributed by atoms with Crippen molar-refractivity contribution in [2.45, 2.75) is 25.9 Å². The van der Waals surface area contributed by atoms with Crippen LogP contribution >= 0.6 is 15.8 Å². The van der Waals surface area contributed by atoms with Crippen molar-refractivity contribution in [3.63, 3.8) is 0 Å². The first-order chi connectivity index (χ1) is 26.4. The van der Waals surface area contributed by atoms with Crippen molar-refractivity contribution in [1.29, 1.82) is 0 Å². The van der Waals surface area contributed by atoms with Gasteiger partial charge in [-0.3, -0.25) is 0 Å². The minimum absolute atomic E-state index is 0. The Labute approximate surface area is 388 Å². The molecule has 292 valence electrons. The van der Waals surface area contributed by atoms with Gasteiger partial charge in [-0.1, -0.05) is 76.5 Å². The summed E-state index contributed by atoms with van der Waals surface area (Å²) in [5.41, 5.74) is 5.82. The van der Waals surface area contributed by atoms with Gasteiger partial charge in [0.25, 0.3) is 0 Å². The van der Waals surface area contributed by atoms with Gasteiger partial charge < -0.3 is 9.80 Å². The maximum atomic E-state index is 2.31. The SMILES string of the molecule is C[C@H]([C]1[CH][CH][CH][C]1P([C]1[CH][CH][CH][CH]1)c1ccccc1)N(C)C.C[C@H]([C]1[CH][CH][CH][C]1P([C]1[CH][CH][CH][CH]1)c1ccccc1)N(C)C.[CH]1[CH][CH][CH][CH]1.[CH]1[CH][CH][CH][CH]1.[Fe+2].[Fe+2].[Fe+2]. The zero-order valence-corrected chi connectivity index (χ0v) is 38.7. The predicted molar refractivity (Wildman–Crippen MR) is 235 cm³/mol. The fourth-order valence-electron chi connectivity index (χ4n) is 6.20. The fourth-order valence-corrected chi connectivity index (χ4v) is 11.3. The summed E-state index contributed by atoms with van der Waals surface area (Å²) < 4.78 is 0. The summed E-state index contributed by atoms with van der Waals surface area (Å²) in [5, 5.41) is 2.84. The molecule has 8 rings (SSSR count). The van der Waals surface area contributed by atoms with Gasteiger partial charge in [0.15, 0.2) is 0 Å². The van der Waals surface area contributed by atoms with Crippen molar-refractivity contribution >= 4 is 26.5 Å². The van der Waals surface area contributed by atoms with E-state index in [1.807, 2.05) is 64.2 Å². The van der Waals surface area contributed by atoms with Crippen molar-refractivity contribution < 1.29 is 51.2 Å². The van der Waals surface area contributed by atoms with Gasteiger partial charge in [0.1, 0.15) is 0 Å². The molecule has 0 aromatic heterocycles. The van der Waals surface area contributed by atoms with Gasteiger partial charge in [0.05, 0.1) is 0 Å². The second-order valence-corrected chi connectivity index (χ2v) is 17.9. The molecule has 0 bridgehead atoms. The molecule has 0 spiro atoms. The van der Waals surface area contributed by atoms with Crippen molar-refractivity contribution in [2.24, 2.45) is 0 Å². The Bertz CT molecular complexity index is 1140. The molecule has 0 saturated heterocycles. The summed E-state index contributed by atoms with van der Waals surface area (Å²) in [7, 11) is 7.64. The molecule has 0 aliphatic heterocycles. The van der Waals surface area contributed by atoms with Crippen LogP contribution in [0.25, 0.3) is 0 Å². The van der Waals surface area contributed by atoms with E-state index >= 15 is 0 Å². The smallest absolute Gasteiger partial charge is 0.306 e. The fraction of sp³-hybridized carbons (Fsp3) is 0.160. The topological polar surface area (TPSA) is 6.48 Å². The van der Waals surface area contributed by atoms with Crippen LogP contribution in [0.15, 0.2) is 60.7 Å². The van der Waals surface area contributed by atoms with Crippen LogP contribution in [0, 0.1) is 189 Å². The van der Waals surface area contributed by atoms with Gasteiger partial charge in [-0.2, -0.15) is 0 Å². The third-order valence-corrected chi connectivity index (χ3v) is 14.6. The van der Waals surface area contributed by atoms with Crippen LogP contribution in [0.1, 0.15) is 13.8 Å². The van der Waals surface area contributed by atoms with Gasteiger partial charge in [0, 0.05) is 46.6 Å². The third-order valence-electron chi connectivity index (χ3n) is 9.53. The molecule has 4 atom stereocenters. The molecule has 2 unspecified atom stereocenters. The first kappa shape index (κ1) is 53.9. The molecule has 2 nitrogen and oxygen atoms in total. The average molecular weight is 912 g/mol. The van der Waals surface area contributed by atoms with Gasteiger partial charge in [-0.25, -0.2) is 0 Å². The van der Waals surface area contributed by atoms with Gasteiger partial charge in [-0.15, -0.1) is 0 Å². The molecule has 6 aliphatic rings. The average Bonchev–Trinajstić information content (AvgIpc) is 4.05. The largest absolute Gasteiger partial charge is 2.00 e. The van der Waals surface area contributed by atoms with Crippen molar-refractivity contribution in [3.8, 4) is 0 Å². The van der Waals surface area contributed by atoms with Crippen molar-refractivity contribution in [1.82, 2.24) is 9.80 Å². The molecule has 0 heterocycles. The van der Waals surface area contributed by atoms with Gasteiger partial charge >= 0.3 is 51.2 Å². The summed E-state index contributed by atoms with van der Waals surface area (Å²) in [6.45, 7) is 4.56. The van der Waals surface area contributed by atoms with Crippen LogP contribution in [-0.4, -0.2) is 50.1 Å². The molecule has 57 heavy (non-hydrogen) atoms. The quantitative estimate of drug-likeness (QED) is 0.173. The molecule has 2 aromatic rings. The Balaban J connectivity index is 0.000000302. The van der Waals surface area contributed by atoms with Crippen LogP contribution in [0.2, 0.25) is 0 Å². The molecule has 6 aliphatic carbocycles. The Morgan fingerprint density at radius 3 is 0.895 bits per heavy atom. The summed E-state index contributed by atoms with van der Waals surface area (Å²) >= 11 is 0. The van der Waals surface area contributed by atoms with Gasteiger partial charge in [-0.05, 0) is 207 Å². The molecule has 6 fully saturated rings. The Hall–Kier alpha value is 0.778. The van der Waals surface area contributed by atoms with Crippen LogP contribution in [0.4, 0.5) is 0 Å². The van der Waals surface area contributed by atoms with Crippen molar-refractivity contribution in [2.75, 3.05) is 28.2 Å². The maximum Gasteiger partial charge on any atom is 2.00 e. The number of benzene rings is 2. The van der Waals surface area contributed by atoms with E-state index in [-0.39, 0.29) is 51.2 Å². The van der Waals surface area contributed by atoms with Crippen molar-refractivity contribution in [3.05, 3.63) is 249 Å². The maximum absolute atomic E-state index is 2.31. The van der Waals surface area contributed by atoms with Crippen LogP contribution in [-0.2, 0) is 51.2 Å². The standard InChI is InChI=1S/2C20H22NP.2C5H5.3Fe/c2*1-16(21(2)3)19-14-9-15-20(19)22(18-12-7-8-13-18)17-10-5-4-6-11-17;2*1-2-4-5-3-1;;;/h2*4-16H,1-3H3;2*1-5H;;;/q;;;;3*+2/t2*16-,22?;;;;;/m11...../s1. The molecular weight excluding hydrogens is 858 g/mol. The molecule has 6 saturated carbocycles. The number of nitrogens with zero attached hydrogens (tertiary/aromatic N) is 2. The Morgan fingerprint density at radius 1 is 0.351 bits per heavy atom. The molecular formula is C50H54Fe3N2P2+6. The van der Waals surface area contributed by atoms with E-state index in [9.17, 15) is 0 Å². The molecule has 7 heteroatoms. The van der Waals surface area contributed by atoms with Crippen LogP contribution in [0.3, 0.4) is 0 Å². The van der Waals surface area contributed by atoms with E-state index in [1.165, 1.54) is 45.1 Å². The minimum Gasteiger partial charge on any atom is -0.306 e. The Kier molecular flexibility index (Phi) is 28.3. The number of hydrogen-bond acceptors (Lipinski definition) is 2. The third kappa shape index (κ3) is 16.8. The molecule has 2 aromatic carbocycles. The molecule has 30 radical (unpaired) electrons. The summed E-state index contributed by atoms with van der Waals surface area (Å²) in [6.07, 6.45) is 51.2. The minimum atomic E-state index is -0.477. The zero-order valence-electron chi connectivity index (χ0n) is 33.6. The van der Waals surface area contributed by atoms with E-state index in [0.29, 0.717) is 12.1 Å².